The van der Waals surface area contributed by atoms with Crippen molar-refractivity contribution >= 4 is 49.8 Å². The zero-order valence-electron chi connectivity index (χ0n) is 32.9. The first-order chi connectivity index (χ1) is 29.7. The van der Waals surface area contributed by atoms with E-state index in [1.54, 1.807) is 0 Å². The summed E-state index contributed by atoms with van der Waals surface area (Å²) in [4.78, 5) is 7.45. The first-order valence-electron chi connectivity index (χ1n) is 20.5. The van der Waals surface area contributed by atoms with Crippen molar-refractivity contribution in [1.82, 2.24) is 9.55 Å². The summed E-state index contributed by atoms with van der Waals surface area (Å²) in [6.07, 6.45) is 0. The molecule has 0 spiro atoms. The topological polar surface area (TPSA) is 21.1 Å². The van der Waals surface area contributed by atoms with Gasteiger partial charge in [-0.2, -0.15) is 0 Å². The first-order valence-corrected chi connectivity index (χ1v) is 20.5. The molecule has 282 valence electrons. The standard InChI is InChI=1S/C57H39N3/c1-3-15-42(16-4-1)53-39-55(58-54-26-10-7-23-50(53)54)45-19-13-17-43(37-45)40-29-33-47(34-30-40)59(46-20-5-2-6-21-46)48-35-31-41(32-36-48)44-18-14-22-49(38-44)60-56-27-11-8-24-51(56)52-25-9-12-28-57(52)60/h1-39H. The molecule has 0 amide bonds. The summed E-state index contributed by atoms with van der Waals surface area (Å²) in [7, 11) is 0. The molecule has 60 heavy (non-hydrogen) atoms. The van der Waals surface area contributed by atoms with Gasteiger partial charge in [0.2, 0.25) is 0 Å². The van der Waals surface area contributed by atoms with Crippen LogP contribution in [0.25, 0.3) is 83.0 Å². The van der Waals surface area contributed by atoms with Crippen LogP contribution in [0.2, 0.25) is 0 Å². The number of aromatic nitrogens is 2. The molecular formula is C57H39N3. The molecule has 0 saturated heterocycles. The van der Waals surface area contributed by atoms with Crippen molar-refractivity contribution in [2.75, 3.05) is 4.90 Å². The van der Waals surface area contributed by atoms with Gasteiger partial charge in [-0.25, -0.2) is 4.98 Å². The van der Waals surface area contributed by atoms with E-state index in [0.29, 0.717) is 0 Å². The number of para-hydroxylation sites is 4. The largest absolute Gasteiger partial charge is 0.311 e. The van der Waals surface area contributed by atoms with Gasteiger partial charge in [-0.15, -0.1) is 0 Å². The molecule has 0 radical (unpaired) electrons. The maximum absolute atomic E-state index is 5.13. The van der Waals surface area contributed by atoms with Gasteiger partial charge in [0.05, 0.1) is 22.2 Å². The van der Waals surface area contributed by atoms with Crippen LogP contribution in [0.1, 0.15) is 0 Å². The monoisotopic (exact) mass is 765 g/mol. The maximum atomic E-state index is 5.13. The Hall–Kier alpha value is -8.01. The molecule has 2 aromatic heterocycles. The summed E-state index contributed by atoms with van der Waals surface area (Å²) in [6, 6.07) is 84.6. The lowest BCUT2D eigenvalue weighted by Gasteiger charge is -2.26. The number of rotatable bonds is 8. The van der Waals surface area contributed by atoms with Gasteiger partial charge in [-0.05, 0) is 112 Å². The van der Waals surface area contributed by atoms with E-state index in [-0.39, 0.29) is 0 Å². The van der Waals surface area contributed by atoms with Gasteiger partial charge in [0.15, 0.2) is 0 Å². The van der Waals surface area contributed by atoms with Gasteiger partial charge in [0, 0.05) is 44.5 Å². The van der Waals surface area contributed by atoms with Crippen LogP contribution in [0.3, 0.4) is 0 Å². The molecule has 9 aromatic carbocycles. The number of fused-ring (bicyclic) bond motifs is 4. The lowest BCUT2D eigenvalue weighted by molar-refractivity contribution is 1.18. The highest BCUT2D eigenvalue weighted by Crippen LogP contribution is 2.39. The summed E-state index contributed by atoms with van der Waals surface area (Å²) >= 11 is 0. The van der Waals surface area contributed by atoms with Crippen molar-refractivity contribution < 1.29 is 0 Å². The molecule has 0 unspecified atom stereocenters. The fourth-order valence-electron chi connectivity index (χ4n) is 8.69. The van der Waals surface area contributed by atoms with E-state index in [4.69, 9.17) is 4.98 Å². The smallest absolute Gasteiger partial charge is 0.0716 e. The van der Waals surface area contributed by atoms with E-state index in [1.807, 2.05) is 0 Å². The van der Waals surface area contributed by atoms with Crippen molar-refractivity contribution in [3.05, 3.63) is 237 Å². The Kier molecular flexibility index (Phi) is 8.83. The highest BCUT2D eigenvalue weighted by molar-refractivity contribution is 6.09. The Balaban J connectivity index is 0.913. The highest BCUT2D eigenvalue weighted by atomic mass is 15.1. The van der Waals surface area contributed by atoms with Crippen LogP contribution in [-0.2, 0) is 0 Å². The molecule has 0 aliphatic rings. The predicted octanol–water partition coefficient (Wildman–Crippen LogP) is 15.5. The van der Waals surface area contributed by atoms with Crippen molar-refractivity contribution in [1.29, 1.82) is 0 Å². The second kappa shape index (κ2) is 15.1. The lowest BCUT2D eigenvalue weighted by atomic mass is 9.96. The van der Waals surface area contributed by atoms with Gasteiger partial charge in [-0.1, -0.05) is 158 Å². The summed E-state index contributed by atoms with van der Waals surface area (Å²) in [5.74, 6) is 0. The molecule has 0 saturated carbocycles. The molecule has 11 rings (SSSR count). The van der Waals surface area contributed by atoms with Crippen LogP contribution in [0.4, 0.5) is 17.1 Å². The minimum atomic E-state index is 0.961. The minimum absolute atomic E-state index is 0.961. The number of hydrogen-bond donors (Lipinski definition) is 0. The van der Waals surface area contributed by atoms with Crippen molar-refractivity contribution in [2.45, 2.75) is 0 Å². The Morgan fingerprint density at radius 1 is 0.317 bits per heavy atom. The van der Waals surface area contributed by atoms with Gasteiger partial charge >= 0.3 is 0 Å². The Morgan fingerprint density at radius 3 is 1.45 bits per heavy atom. The molecule has 0 aliphatic heterocycles. The first kappa shape index (κ1) is 35.2. The molecule has 3 heteroatoms. The Labute approximate surface area is 349 Å². The van der Waals surface area contributed by atoms with Gasteiger partial charge in [0.1, 0.15) is 0 Å². The quantitative estimate of drug-likeness (QED) is 0.154. The fraction of sp³-hybridized carbons (Fsp3) is 0. The molecule has 0 aliphatic carbocycles. The Morgan fingerprint density at radius 2 is 0.800 bits per heavy atom. The summed E-state index contributed by atoms with van der Waals surface area (Å²) in [5, 5.41) is 3.68. The van der Waals surface area contributed by atoms with Crippen molar-refractivity contribution in [3.8, 4) is 50.3 Å². The molecule has 0 fully saturated rings. The summed E-state index contributed by atoms with van der Waals surface area (Å²) in [6.45, 7) is 0. The molecular weight excluding hydrogens is 727 g/mol. The second-order valence-corrected chi connectivity index (χ2v) is 15.2. The number of anilines is 3. The number of nitrogens with zero attached hydrogens (tertiary/aromatic N) is 3. The van der Waals surface area contributed by atoms with Crippen LogP contribution in [0, 0.1) is 0 Å². The lowest BCUT2D eigenvalue weighted by Crippen LogP contribution is -2.09. The molecule has 0 atom stereocenters. The van der Waals surface area contributed by atoms with Crippen LogP contribution in [0.15, 0.2) is 237 Å². The molecule has 2 heterocycles. The average molecular weight is 766 g/mol. The number of pyridine rings is 1. The molecule has 11 aromatic rings. The highest BCUT2D eigenvalue weighted by Gasteiger charge is 2.16. The van der Waals surface area contributed by atoms with Gasteiger partial charge in [-0.3, -0.25) is 0 Å². The van der Waals surface area contributed by atoms with Crippen LogP contribution < -0.4 is 4.90 Å². The minimum Gasteiger partial charge on any atom is -0.311 e. The molecule has 0 N–H and O–H groups in total. The fourth-order valence-corrected chi connectivity index (χ4v) is 8.69. The molecule has 3 nitrogen and oxygen atoms in total. The third-order valence-electron chi connectivity index (χ3n) is 11.6. The van der Waals surface area contributed by atoms with Gasteiger partial charge < -0.3 is 9.47 Å². The zero-order valence-corrected chi connectivity index (χ0v) is 32.9. The predicted molar refractivity (Wildman–Crippen MR) is 253 cm³/mol. The average Bonchev–Trinajstić information content (AvgIpc) is 3.67. The summed E-state index contributed by atoms with van der Waals surface area (Å²) in [5.41, 5.74) is 16.9. The number of hydrogen-bond acceptors (Lipinski definition) is 2. The molecule has 0 bridgehead atoms. The van der Waals surface area contributed by atoms with Crippen LogP contribution in [0.5, 0.6) is 0 Å². The van der Waals surface area contributed by atoms with E-state index in [0.717, 1.165) is 56.0 Å². The van der Waals surface area contributed by atoms with Gasteiger partial charge in [0.25, 0.3) is 0 Å². The SMILES string of the molecule is c1ccc(-c2cc(-c3cccc(-c4ccc(N(c5ccccc5)c5ccc(-c6cccc(-n7c8ccccc8c8ccccc87)c6)cc5)cc4)c3)nc3ccccc23)cc1. The Bertz CT molecular complexity index is 3240. The van der Waals surface area contributed by atoms with Crippen LogP contribution >= 0.6 is 0 Å². The number of benzene rings is 9. The summed E-state index contributed by atoms with van der Waals surface area (Å²) < 4.78 is 2.38. The van der Waals surface area contributed by atoms with E-state index in [9.17, 15) is 0 Å². The van der Waals surface area contributed by atoms with E-state index >= 15 is 0 Å². The second-order valence-electron chi connectivity index (χ2n) is 15.2. The van der Waals surface area contributed by atoms with Crippen molar-refractivity contribution in [2.24, 2.45) is 0 Å². The maximum Gasteiger partial charge on any atom is 0.0716 e. The normalized spacial score (nSPS) is 11.3. The third kappa shape index (κ3) is 6.39. The van der Waals surface area contributed by atoms with Crippen molar-refractivity contribution in [3.63, 3.8) is 0 Å². The van der Waals surface area contributed by atoms with Crippen LogP contribution in [-0.4, -0.2) is 9.55 Å². The zero-order chi connectivity index (χ0) is 39.8. The van der Waals surface area contributed by atoms with E-state index in [2.05, 4.69) is 246 Å². The third-order valence-corrected chi connectivity index (χ3v) is 11.6. The van der Waals surface area contributed by atoms with E-state index < -0.39 is 0 Å². The van der Waals surface area contributed by atoms with E-state index in [1.165, 1.54) is 44.1 Å².